The zero-order valence-corrected chi connectivity index (χ0v) is 19.4. The summed E-state index contributed by atoms with van der Waals surface area (Å²) in [7, 11) is 3.72. The highest BCUT2D eigenvalue weighted by Crippen LogP contribution is 2.44. The predicted molar refractivity (Wildman–Crippen MR) is 133 cm³/mol. The second kappa shape index (κ2) is 7.29. The molecule has 3 aromatic heterocycles. The first kappa shape index (κ1) is 20.5. The van der Waals surface area contributed by atoms with Gasteiger partial charge in [0.2, 0.25) is 0 Å². The molecule has 1 aliphatic heterocycles. The molecule has 178 valence electrons. The van der Waals surface area contributed by atoms with E-state index in [2.05, 4.69) is 25.2 Å². The van der Waals surface area contributed by atoms with Gasteiger partial charge in [-0.05, 0) is 42.5 Å². The molecule has 2 aromatic carbocycles. The Morgan fingerprint density at radius 2 is 2.09 bits per heavy atom. The number of imidazole rings is 1. The number of nitrogens with two attached hydrogens (primary N) is 1. The quantitative estimate of drug-likeness (QED) is 0.365. The lowest BCUT2D eigenvalue weighted by molar-refractivity contribution is 0.194. The Morgan fingerprint density at radius 3 is 2.89 bits per heavy atom. The lowest BCUT2D eigenvalue weighted by Crippen LogP contribution is -2.46. The molecule has 9 nitrogen and oxygen atoms in total. The van der Waals surface area contributed by atoms with Gasteiger partial charge in [0.25, 0.3) is 0 Å². The van der Waals surface area contributed by atoms with Gasteiger partial charge in [-0.2, -0.15) is 9.97 Å². The van der Waals surface area contributed by atoms with E-state index in [0.717, 1.165) is 52.7 Å². The molecule has 0 amide bonds. The number of H-pyrrole nitrogens is 1. The first-order chi connectivity index (χ1) is 17.0. The van der Waals surface area contributed by atoms with Crippen LogP contribution in [0, 0.1) is 17.7 Å². The lowest BCUT2D eigenvalue weighted by atomic mass is 9.72. The number of anilines is 2. The molecule has 1 saturated heterocycles. The minimum atomic E-state index is -0.318. The van der Waals surface area contributed by atoms with Crippen molar-refractivity contribution in [3.05, 3.63) is 42.5 Å². The molecule has 1 saturated carbocycles. The number of fused-ring (bicyclic) bond motifs is 5. The van der Waals surface area contributed by atoms with Gasteiger partial charge in [-0.3, -0.25) is 0 Å². The van der Waals surface area contributed by atoms with Crippen LogP contribution in [0.1, 0.15) is 6.42 Å². The molecule has 2 unspecified atom stereocenters. The summed E-state index contributed by atoms with van der Waals surface area (Å²) >= 11 is 0. The average Bonchev–Trinajstić information content (AvgIpc) is 3.51. The highest BCUT2D eigenvalue weighted by molar-refractivity contribution is 6.14. The van der Waals surface area contributed by atoms with Crippen LogP contribution in [0.4, 0.5) is 15.9 Å². The van der Waals surface area contributed by atoms with Crippen molar-refractivity contribution in [1.29, 1.82) is 0 Å². The normalized spacial score (nSPS) is 21.6. The molecule has 10 heteroatoms. The fraction of sp³-hybridized carbons (Fsp3) is 0.320. The molecule has 0 radical (unpaired) electrons. The Balaban J connectivity index is 1.39. The van der Waals surface area contributed by atoms with Crippen LogP contribution in [-0.2, 0) is 7.05 Å². The third-order valence-corrected chi connectivity index (χ3v) is 7.58. The third-order valence-electron chi connectivity index (χ3n) is 7.58. The van der Waals surface area contributed by atoms with Crippen molar-refractivity contribution in [2.24, 2.45) is 24.6 Å². The largest absolute Gasteiger partial charge is 0.424 e. The number of ether oxygens (including phenoxy) is 1. The molecule has 5 aromatic rings. The SMILES string of the molecule is CNc1cc(F)cc2c1[nH]c1nc(Oc3ccc4c(c3)ncn4C)nc(N3CC4C[C@@H](N)C4C3)c12. The Morgan fingerprint density at radius 1 is 1.20 bits per heavy atom. The summed E-state index contributed by atoms with van der Waals surface area (Å²) in [5.41, 5.74) is 10.2. The first-order valence-electron chi connectivity index (χ1n) is 11.8. The van der Waals surface area contributed by atoms with Crippen LogP contribution in [0.15, 0.2) is 36.7 Å². The van der Waals surface area contributed by atoms with Crippen molar-refractivity contribution in [1.82, 2.24) is 24.5 Å². The van der Waals surface area contributed by atoms with Gasteiger partial charge in [0.15, 0.2) is 0 Å². The third kappa shape index (κ3) is 3.06. The van der Waals surface area contributed by atoms with Gasteiger partial charge >= 0.3 is 6.01 Å². The monoisotopic (exact) mass is 472 g/mol. The molecular weight excluding hydrogens is 447 g/mol. The fourth-order valence-corrected chi connectivity index (χ4v) is 5.71. The molecule has 4 heterocycles. The van der Waals surface area contributed by atoms with Gasteiger partial charge in [0.05, 0.1) is 34.0 Å². The number of aromatic nitrogens is 5. The Hall–Kier alpha value is -3.92. The number of aromatic amines is 1. The van der Waals surface area contributed by atoms with E-state index in [0.29, 0.717) is 28.9 Å². The Labute approximate surface area is 200 Å². The number of aryl methyl sites for hydroxylation is 1. The van der Waals surface area contributed by atoms with Crippen molar-refractivity contribution < 1.29 is 9.13 Å². The Bertz CT molecular complexity index is 1620. The minimum Gasteiger partial charge on any atom is -0.424 e. The van der Waals surface area contributed by atoms with E-state index in [1.807, 2.05) is 29.8 Å². The van der Waals surface area contributed by atoms with Gasteiger partial charge in [0.1, 0.15) is 23.0 Å². The van der Waals surface area contributed by atoms with Gasteiger partial charge in [-0.15, -0.1) is 0 Å². The van der Waals surface area contributed by atoms with Crippen molar-refractivity contribution in [2.75, 3.05) is 30.4 Å². The summed E-state index contributed by atoms with van der Waals surface area (Å²) in [5.74, 6) is 2.03. The highest BCUT2D eigenvalue weighted by atomic mass is 19.1. The molecule has 2 aliphatic rings. The standard InChI is InChI=1S/C25H25FN8O/c1-28-19-7-13(26)6-15-21-23(30-22(15)19)31-25(32-24(21)34-9-12-5-17(27)16(12)10-34)35-14-3-4-20-18(8-14)29-11-33(20)2/h3-4,6-8,11-12,16-17,28H,5,9-10,27H2,1-2H3,(H,30,31,32)/t12?,16?,17-/m1/s1. The van der Waals surface area contributed by atoms with Crippen LogP contribution in [0.5, 0.6) is 11.8 Å². The van der Waals surface area contributed by atoms with Gasteiger partial charge in [0, 0.05) is 44.7 Å². The van der Waals surface area contributed by atoms with Crippen molar-refractivity contribution in [3.63, 3.8) is 0 Å². The fourth-order valence-electron chi connectivity index (χ4n) is 5.71. The second-order valence-electron chi connectivity index (χ2n) is 9.64. The average molecular weight is 473 g/mol. The van der Waals surface area contributed by atoms with Crippen LogP contribution in [0.3, 0.4) is 0 Å². The van der Waals surface area contributed by atoms with E-state index >= 15 is 0 Å². The van der Waals surface area contributed by atoms with Crippen LogP contribution in [0.2, 0.25) is 0 Å². The van der Waals surface area contributed by atoms with Gasteiger partial charge in [-0.25, -0.2) is 9.37 Å². The molecule has 35 heavy (non-hydrogen) atoms. The molecule has 4 N–H and O–H groups in total. The number of hydrogen-bond acceptors (Lipinski definition) is 7. The van der Waals surface area contributed by atoms with Crippen molar-refractivity contribution in [2.45, 2.75) is 12.5 Å². The van der Waals surface area contributed by atoms with Gasteiger partial charge in [-0.1, -0.05) is 0 Å². The Kier molecular flexibility index (Phi) is 4.26. The highest BCUT2D eigenvalue weighted by Gasteiger charge is 2.46. The molecule has 7 rings (SSSR count). The maximum absolute atomic E-state index is 14.5. The van der Waals surface area contributed by atoms with Crippen LogP contribution >= 0.6 is 0 Å². The zero-order chi connectivity index (χ0) is 23.8. The van der Waals surface area contributed by atoms with Gasteiger partial charge < -0.3 is 30.2 Å². The minimum absolute atomic E-state index is 0.222. The summed E-state index contributed by atoms with van der Waals surface area (Å²) in [5, 5.41) is 4.60. The van der Waals surface area contributed by atoms with Crippen LogP contribution < -0.4 is 20.7 Å². The van der Waals surface area contributed by atoms with Crippen LogP contribution in [-0.4, -0.2) is 50.7 Å². The van der Waals surface area contributed by atoms with E-state index < -0.39 is 0 Å². The zero-order valence-electron chi connectivity index (χ0n) is 19.4. The van der Waals surface area contributed by atoms with Crippen molar-refractivity contribution >= 4 is 44.5 Å². The number of hydrogen-bond donors (Lipinski definition) is 3. The molecular formula is C25H25FN8O. The first-order valence-corrected chi connectivity index (χ1v) is 11.8. The summed E-state index contributed by atoms with van der Waals surface area (Å²) in [6.07, 6.45) is 2.79. The number of rotatable bonds is 4. The summed E-state index contributed by atoms with van der Waals surface area (Å²) in [6, 6.07) is 9.17. The predicted octanol–water partition coefficient (Wildman–Crippen LogP) is 3.75. The topological polar surface area (TPSA) is 110 Å². The smallest absolute Gasteiger partial charge is 0.325 e. The molecule has 2 fully saturated rings. The van der Waals surface area contributed by atoms with E-state index in [9.17, 15) is 4.39 Å². The molecule has 0 spiro atoms. The molecule has 1 aliphatic carbocycles. The van der Waals surface area contributed by atoms with E-state index in [1.165, 1.54) is 12.1 Å². The number of nitrogens with one attached hydrogen (secondary N) is 2. The maximum Gasteiger partial charge on any atom is 0.325 e. The number of nitrogens with zero attached hydrogens (tertiary/aromatic N) is 5. The summed E-state index contributed by atoms with van der Waals surface area (Å²) in [4.78, 5) is 19.6. The van der Waals surface area contributed by atoms with E-state index in [-0.39, 0.29) is 17.9 Å². The second-order valence-corrected chi connectivity index (χ2v) is 9.64. The van der Waals surface area contributed by atoms with Crippen molar-refractivity contribution in [3.8, 4) is 11.8 Å². The van der Waals surface area contributed by atoms with Crippen LogP contribution in [0.25, 0.3) is 33.0 Å². The number of benzene rings is 2. The summed E-state index contributed by atoms with van der Waals surface area (Å²) < 4.78 is 22.6. The van der Waals surface area contributed by atoms with E-state index in [4.69, 9.17) is 15.5 Å². The number of halogens is 1. The lowest BCUT2D eigenvalue weighted by Gasteiger charge is -2.36. The molecule has 0 bridgehead atoms. The summed E-state index contributed by atoms with van der Waals surface area (Å²) in [6.45, 7) is 1.68. The van der Waals surface area contributed by atoms with E-state index in [1.54, 1.807) is 13.4 Å². The molecule has 3 atom stereocenters. The maximum atomic E-state index is 14.5.